The van der Waals surface area contributed by atoms with Crippen LogP contribution < -0.4 is 10.2 Å². The van der Waals surface area contributed by atoms with Crippen LogP contribution in [0.1, 0.15) is 16.8 Å². The quantitative estimate of drug-likeness (QED) is 0.747. The van der Waals surface area contributed by atoms with Crippen molar-refractivity contribution in [2.24, 2.45) is 7.05 Å². The molecule has 0 spiro atoms. The van der Waals surface area contributed by atoms with E-state index in [1.807, 2.05) is 19.3 Å². The van der Waals surface area contributed by atoms with Crippen molar-refractivity contribution in [3.8, 4) is 11.3 Å². The lowest BCUT2D eigenvalue weighted by atomic mass is 10.2. The lowest BCUT2D eigenvalue weighted by molar-refractivity contribution is 0.0940. The van der Waals surface area contributed by atoms with Crippen LogP contribution in [0.5, 0.6) is 0 Å². The summed E-state index contributed by atoms with van der Waals surface area (Å²) in [7, 11) is 1.88. The first-order valence-corrected chi connectivity index (χ1v) is 8.20. The maximum Gasteiger partial charge on any atom is 0.253 e. The first-order valence-electron chi connectivity index (χ1n) is 8.20. The highest BCUT2D eigenvalue weighted by atomic mass is 16.1. The Morgan fingerprint density at radius 2 is 2.32 bits per heavy atom. The number of aromatic nitrogens is 5. The van der Waals surface area contributed by atoms with Gasteiger partial charge in [-0.15, -0.1) is 0 Å². The van der Waals surface area contributed by atoms with Gasteiger partial charge in [0.1, 0.15) is 0 Å². The molecule has 4 rings (SSSR count). The minimum Gasteiger partial charge on any atom is -0.367 e. The normalized spacial score (nSPS) is 17.0. The average molecular weight is 337 g/mol. The molecule has 8 nitrogen and oxygen atoms in total. The molecule has 8 heteroatoms. The van der Waals surface area contributed by atoms with Crippen LogP contribution in [0, 0.1) is 0 Å². The molecule has 128 valence electrons. The summed E-state index contributed by atoms with van der Waals surface area (Å²) >= 11 is 0. The Hall–Kier alpha value is -3.16. The number of carbonyl (C=O) groups excluding carboxylic acids is 1. The van der Waals surface area contributed by atoms with Gasteiger partial charge in [0.25, 0.3) is 5.91 Å². The van der Waals surface area contributed by atoms with E-state index in [4.69, 9.17) is 0 Å². The highest BCUT2D eigenvalue weighted by Gasteiger charge is 2.26. The first kappa shape index (κ1) is 15.4. The molecule has 25 heavy (non-hydrogen) atoms. The summed E-state index contributed by atoms with van der Waals surface area (Å²) in [6, 6.07) is 3.73. The fourth-order valence-electron chi connectivity index (χ4n) is 3.01. The average Bonchev–Trinajstić information content (AvgIpc) is 3.36. The number of hydrogen-bond acceptors (Lipinski definition) is 5. The summed E-state index contributed by atoms with van der Waals surface area (Å²) in [5.74, 6) is 0.623. The number of amides is 1. The summed E-state index contributed by atoms with van der Waals surface area (Å²) in [5.41, 5.74) is 2.45. The number of rotatable bonds is 4. The molecule has 0 saturated carbocycles. The van der Waals surface area contributed by atoms with Gasteiger partial charge in [0, 0.05) is 56.5 Å². The van der Waals surface area contributed by atoms with E-state index in [1.165, 1.54) is 0 Å². The molecule has 3 aromatic heterocycles. The molecule has 1 fully saturated rings. The maximum atomic E-state index is 12.2. The van der Waals surface area contributed by atoms with Gasteiger partial charge in [0.15, 0.2) is 0 Å². The van der Waals surface area contributed by atoms with Crippen molar-refractivity contribution in [3.63, 3.8) is 0 Å². The largest absolute Gasteiger partial charge is 0.367 e. The van der Waals surface area contributed by atoms with E-state index in [9.17, 15) is 4.79 Å². The van der Waals surface area contributed by atoms with Gasteiger partial charge < -0.3 is 15.2 Å². The third kappa shape index (κ3) is 3.23. The third-order valence-electron chi connectivity index (χ3n) is 4.31. The van der Waals surface area contributed by atoms with Gasteiger partial charge in [-0.3, -0.25) is 9.48 Å². The van der Waals surface area contributed by atoms with Gasteiger partial charge >= 0.3 is 0 Å². The second-order valence-electron chi connectivity index (χ2n) is 6.15. The lowest BCUT2D eigenvalue weighted by Crippen LogP contribution is -2.37. The van der Waals surface area contributed by atoms with Crippen LogP contribution in [0.25, 0.3) is 11.3 Å². The van der Waals surface area contributed by atoms with Gasteiger partial charge in [-0.2, -0.15) is 5.10 Å². The number of nitrogens with one attached hydrogen (secondary N) is 2. The van der Waals surface area contributed by atoms with E-state index in [0.29, 0.717) is 18.1 Å². The van der Waals surface area contributed by atoms with Crippen LogP contribution in [0.15, 0.2) is 43.1 Å². The van der Waals surface area contributed by atoms with E-state index in [2.05, 4.69) is 30.3 Å². The number of H-pyrrole nitrogens is 1. The molecule has 0 radical (unpaired) electrons. The Morgan fingerprint density at radius 3 is 3.08 bits per heavy atom. The molecule has 0 aliphatic carbocycles. The fraction of sp³-hybridized carbons (Fsp3) is 0.294. The number of carbonyl (C=O) groups is 1. The van der Waals surface area contributed by atoms with Crippen LogP contribution in [0.2, 0.25) is 0 Å². The maximum absolute atomic E-state index is 12.2. The standard InChI is InChI=1S/C17H19N7O/c1-23-10-13(9-20-23)15-3-6-19-17(22-15)24-7-4-14(11-24)21-16(25)12-2-5-18-8-12/h2-3,5-6,8-10,14,18H,4,7,11H2,1H3,(H,21,25). The number of anilines is 1. The molecule has 1 amide bonds. The van der Waals surface area contributed by atoms with Crippen LogP contribution in [0.4, 0.5) is 5.95 Å². The van der Waals surface area contributed by atoms with Gasteiger partial charge in [0.05, 0.1) is 17.5 Å². The molecule has 0 bridgehead atoms. The van der Waals surface area contributed by atoms with Gasteiger partial charge in [-0.1, -0.05) is 0 Å². The molecule has 1 unspecified atom stereocenters. The number of aromatic amines is 1. The third-order valence-corrected chi connectivity index (χ3v) is 4.31. The van der Waals surface area contributed by atoms with Crippen LogP contribution in [-0.2, 0) is 7.05 Å². The second kappa shape index (κ2) is 6.39. The molecule has 2 N–H and O–H groups in total. The minimum atomic E-state index is -0.0573. The highest BCUT2D eigenvalue weighted by Crippen LogP contribution is 2.21. The zero-order valence-electron chi connectivity index (χ0n) is 13.9. The van der Waals surface area contributed by atoms with E-state index in [-0.39, 0.29) is 11.9 Å². The number of nitrogens with zero attached hydrogens (tertiary/aromatic N) is 5. The van der Waals surface area contributed by atoms with Crippen molar-refractivity contribution in [2.45, 2.75) is 12.5 Å². The zero-order valence-corrected chi connectivity index (χ0v) is 13.9. The molecular formula is C17H19N7O. The first-order chi connectivity index (χ1) is 12.2. The van der Waals surface area contributed by atoms with Crippen molar-refractivity contribution < 1.29 is 4.79 Å². The summed E-state index contributed by atoms with van der Waals surface area (Å²) in [5, 5.41) is 7.24. The van der Waals surface area contributed by atoms with E-state index < -0.39 is 0 Å². The SMILES string of the molecule is Cn1cc(-c2ccnc(N3CCC(NC(=O)c4cc[nH]c4)C3)n2)cn1. The Labute approximate surface area is 144 Å². The summed E-state index contributed by atoms with van der Waals surface area (Å²) in [4.78, 5) is 26.2. The zero-order chi connectivity index (χ0) is 17.2. The van der Waals surface area contributed by atoms with E-state index in [1.54, 1.807) is 35.5 Å². The predicted molar refractivity (Wildman–Crippen MR) is 93.1 cm³/mol. The lowest BCUT2D eigenvalue weighted by Gasteiger charge is -2.17. The van der Waals surface area contributed by atoms with Crippen molar-refractivity contribution >= 4 is 11.9 Å². The minimum absolute atomic E-state index is 0.0573. The Balaban J connectivity index is 1.44. The second-order valence-corrected chi connectivity index (χ2v) is 6.15. The van der Waals surface area contributed by atoms with Crippen LogP contribution in [-0.4, -0.2) is 49.8 Å². The summed E-state index contributed by atoms with van der Waals surface area (Å²) < 4.78 is 1.75. The molecule has 1 aliphatic heterocycles. The Bertz CT molecular complexity index is 871. The van der Waals surface area contributed by atoms with E-state index >= 15 is 0 Å². The molecule has 1 saturated heterocycles. The van der Waals surface area contributed by atoms with Crippen LogP contribution in [0.3, 0.4) is 0 Å². The van der Waals surface area contributed by atoms with Gasteiger partial charge in [-0.25, -0.2) is 9.97 Å². The van der Waals surface area contributed by atoms with Crippen molar-refractivity contribution in [2.75, 3.05) is 18.0 Å². The Kier molecular flexibility index (Phi) is 3.93. The molecule has 0 aromatic carbocycles. The smallest absolute Gasteiger partial charge is 0.253 e. The fourth-order valence-corrected chi connectivity index (χ4v) is 3.01. The molecule has 1 atom stereocenters. The summed E-state index contributed by atoms with van der Waals surface area (Å²) in [6.45, 7) is 1.52. The molecular weight excluding hydrogens is 318 g/mol. The Morgan fingerprint density at radius 1 is 1.40 bits per heavy atom. The van der Waals surface area contributed by atoms with Crippen LogP contribution >= 0.6 is 0 Å². The van der Waals surface area contributed by atoms with Crippen molar-refractivity contribution in [3.05, 3.63) is 48.7 Å². The molecule has 1 aliphatic rings. The van der Waals surface area contributed by atoms with E-state index in [0.717, 1.165) is 24.2 Å². The number of aryl methyl sites for hydroxylation is 1. The predicted octanol–water partition coefficient (Wildman–Crippen LogP) is 1.21. The number of hydrogen-bond donors (Lipinski definition) is 2. The van der Waals surface area contributed by atoms with Gasteiger partial charge in [0.2, 0.25) is 5.95 Å². The highest BCUT2D eigenvalue weighted by molar-refractivity contribution is 5.94. The molecule has 3 aromatic rings. The van der Waals surface area contributed by atoms with Crippen molar-refractivity contribution in [1.82, 2.24) is 30.0 Å². The molecule has 4 heterocycles. The topological polar surface area (TPSA) is 91.7 Å². The van der Waals surface area contributed by atoms with Crippen molar-refractivity contribution in [1.29, 1.82) is 0 Å². The van der Waals surface area contributed by atoms with Gasteiger partial charge in [-0.05, 0) is 18.6 Å². The summed E-state index contributed by atoms with van der Waals surface area (Å²) in [6.07, 6.45) is 9.79. The monoisotopic (exact) mass is 337 g/mol.